The second-order valence-corrected chi connectivity index (χ2v) is 2.70. The minimum absolute atomic E-state index is 0. The molecule has 1 aliphatic rings. The van der Waals surface area contributed by atoms with Crippen molar-refractivity contribution < 1.29 is 5.11 Å². The van der Waals surface area contributed by atoms with E-state index in [0.717, 1.165) is 12.8 Å². The van der Waals surface area contributed by atoms with E-state index in [2.05, 4.69) is 6.92 Å². The molecule has 3 heteroatoms. The maximum Gasteiger partial charge on any atom is 0.0693 e. The molecule has 0 amide bonds. The van der Waals surface area contributed by atoms with Crippen molar-refractivity contribution in [2.75, 3.05) is 0 Å². The van der Waals surface area contributed by atoms with E-state index in [4.69, 9.17) is 10.8 Å². The predicted octanol–water partition coefficient (Wildman–Crippen LogP) is 0.526. The summed E-state index contributed by atoms with van der Waals surface area (Å²) in [6, 6.07) is 0.0370. The third-order valence-electron chi connectivity index (χ3n) is 2.02. The quantitative estimate of drug-likeness (QED) is 0.531. The van der Waals surface area contributed by atoms with Crippen LogP contribution < -0.4 is 5.73 Å². The van der Waals surface area contributed by atoms with Crippen LogP contribution in [0.15, 0.2) is 0 Å². The highest BCUT2D eigenvalue weighted by atomic mass is 35.5. The number of halogens is 1. The van der Waals surface area contributed by atoms with E-state index in [9.17, 15) is 0 Å². The molecule has 3 unspecified atom stereocenters. The van der Waals surface area contributed by atoms with Gasteiger partial charge in [-0.25, -0.2) is 0 Å². The van der Waals surface area contributed by atoms with Crippen molar-refractivity contribution in [2.45, 2.75) is 31.9 Å². The first-order valence-electron chi connectivity index (χ1n) is 3.15. The van der Waals surface area contributed by atoms with Gasteiger partial charge in [-0.3, -0.25) is 0 Å². The highest BCUT2D eigenvalue weighted by Crippen LogP contribution is 2.23. The molecule has 0 aliphatic heterocycles. The molecule has 1 fully saturated rings. The summed E-state index contributed by atoms with van der Waals surface area (Å²) in [5.41, 5.74) is 5.57. The topological polar surface area (TPSA) is 46.2 Å². The number of hydrogen-bond acceptors (Lipinski definition) is 2. The van der Waals surface area contributed by atoms with Gasteiger partial charge in [-0.1, -0.05) is 6.92 Å². The van der Waals surface area contributed by atoms with Crippen LogP contribution in [0.3, 0.4) is 0 Å². The summed E-state index contributed by atoms with van der Waals surface area (Å²) in [4.78, 5) is 0. The zero-order valence-electron chi connectivity index (χ0n) is 5.58. The number of nitrogens with two attached hydrogens (primary N) is 1. The lowest BCUT2D eigenvalue weighted by molar-refractivity contribution is 0.158. The SMILES string of the molecule is CC1CCC(O)C1N.Cl. The molecule has 0 aromatic carbocycles. The largest absolute Gasteiger partial charge is 0.392 e. The number of aliphatic hydroxyl groups excluding tert-OH is 1. The lowest BCUT2D eigenvalue weighted by atomic mass is 10.1. The molecule has 0 radical (unpaired) electrons. The monoisotopic (exact) mass is 151 g/mol. The third kappa shape index (κ3) is 1.81. The van der Waals surface area contributed by atoms with Crippen molar-refractivity contribution in [1.29, 1.82) is 0 Å². The van der Waals surface area contributed by atoms with E-state index < -0.39 is 0 Å². The van der Waals surface area contributed by atoms with E-state index in [1.54, 1.807) is 0 Å². The zero-order chi connectivity index (χ0) is 6.15. The Morgan fingerprint density at radius 3 is 2.11 bits per heavy atom. The number of aliphatic hydroxyl groups is 1. The van der Waals surface area contributed by atoms with E-state index in [1.165, 1.54) is 0 Å². The second-order valence-electron chi connectivity index (χ2n) is 2.70. The minimum atomic E-state index is -0.231. The van der Waals surface area contributed by atoms with Gasteiger partial charge in [-0.05, 0) is 18.8 Å². The average Bonchev–Trinajstić information content (AvgIpc) is 1.98. The van der Waals surface area contributed by atoms with Crippen molar-refractivity contribution in [3.05, 3.63) is 0 Å². The van der Waals surface area contributed by atoms with Gasteiger partial charge in [0.25, 0.3) is 0 Å². The van der Waals surface area contributed by atoms with Crippen molar-refractivity contribution >= 4 is 12.4 Å². The fraction of sp³-hybridized carbons (Fsp3) is 1.00. The Labute approximate surface area is 61.8 Å². The first kappa shape index (κ1) is 9.21. The highest BCUT2D eigenvalue weighted by molar-refractivity contribution is 5.85. The van der Waals surface area contributed by atoms with Gasteiger partial charge in [-0.2, -0.15) is 0 Å². The van der Waals surface area contributed by atoms with Gasteiger partial charge in [0.15, 0.2) is 0 Å². The lowest BCUT2D eigenvalue weighted by Crippen LogP contribution is -2.33. The standard InChI is InChI=1S/C6H13NO.ClH/c1-4-2-3-5(8)6(4)7;/h4-6,8H,2-3,7H2,1H3;1H. The molecule has 3 N–H and O–H groups in total. The van der Waals surface area contributed by atoms with Crippen molar-refractivity contribution in [2.24, 2.45) is 11.7 Å². The summed E-state index contributed by atoms with van der Waals surface area (Å²) in [7, 11) is 0. The molecule has 2 nitrogen and oxygen atoms in total. The molecular formula is C6H14ClNO. The minimum Gasteiger partial charge on any atom is -0.392 e. The van der Waals surface area contributed by atoms with E-state index in [0.29, 0.717) is 5.92 Å². The fourth-order valence-corrected chi connectivity index (χ4v) is 1.20. The zero-order valence-corrected chi connectivity index (χ0v) is 6.40. The van der Waals surface area contributed by atoms with Crippen LogP contribution in [0.4, 0.5) is 0 Å². The predicted molar refractivity (Wildman–Crippen MR) is 39.6 cm³/mol. The molecule has 56 valence electrons. The van der Waals surface area contributed by atoms with E-state index >= 15 is 0 Å². The molecule has 0 bridgehead atoms. The Balaban J connectivity index is 0.000000640. The van der Waals surface area contributed by atoms with Crippen molar-refractivity contribution in [1.82, 2.24) is 0 Å². The van der Waals surface area contributed by atoms with Gasteiger partial charge in [0.2, 0.25) is 0 Å². The Morgan fingerprint density at radius 2 is 2.00 bits per heavy atom. The normalized spacial score (nSPS) is 42.3. The van der Waals surface area contributed by atoms with Gasteiger partial charge in [-0.15, -0.1) is 12.4 Å². The van der Waals surface area contributed by atoms with Gasteiger partial charge in [0.05, 0.1) is 6.10 Å². The Kier molecular flexibility index (Phi) is 3.48. The summed E-state index contributed by atoms with van der Waals surface area (Å²) in [6.45, 7) is 2.08. The summed E-state index contributed by atoms with van der Waals surface area (Å²) in [5, 5.41) is 9.04. The van der Waals surface area contributed by atoms with Crippen molar-refractivity contribution in [3.63, 3.8) is 0 Å². The summed E-state index contributed by atoms with van der Waals surface area (Å²) in [6.07, 6.45) is 1.75. The molecule has 0 saturated heterocycles. The Bertz CT molecular complexity index is 79.1. The van der Waals surface area contributed by atoms with Gasteiger partial charge in [0, 0.05) is 6.04 Å². The van der Waals surface area contributed by atoms with Crippen LogP contribution in [0.2, 0.25) is 0 Å². The summed E-state index contributed by atoms with van der Waals surface area (Å²) in [5.74, 6) is 0.519. The maximum absolute atomic E-state index is 9.04. The van der Waals surface area contributed by atoms with E-state index in [-0.39, 0.29) is 24.6 Å². The number of rotatable bonds is 0. The molecule has 0 spiro atoms. The van der Waals surface area contributed by atoms with Crippen LogP contribution in [-0.4, -0.2) is 17.3 Å². The molecule has 9 heavy (non-hydrogen) atoms. The van der Waals surface area contributed by atoms with Crippen molar-refractivity contribution in [3.8, 4) is 0 Å². The molecule has 1 saturated carbocycles. The van der Waals surface area contributed by atoms with E-state index in [1.807, 2.05) is 0 Å². The molecular weight excluding hydrogens is 138 g/mol. The van der Waals surface area contributed by atoms with Gasteiger partial charge in [0.1, 0.15) is 0 Å². The highest BCUT2D eigenvalue weighted by Gasteiger charge is 2.27. The Hall–Kier alpha value is 0.210. The second kappa shape index (κ2) is 3.40. The number of hydrogen-bond donors (Lipinski definition) is 2. The molecule has 1 rings (SSSR count). The Morgan fingerprint density at radius 1 is 1.44 bits per heavy atom. The molecule has 0 aromatic heterocycles. The first-order valence-corrected chi connectivity index (χ1v) is 3.15. The van der Waals surface area contributed by atoms with Crippen LogP contribution >= 0.6 is 12.4 Å². The van der Waals surface area contributed by atoms with Crippen LogP contribution in [0.1, 0.15) is 19.8 Å². The molecule has 3 atom stereocenters. The average molecular weight is 152 g/mol. The molecule has 0 aromatic rings. The van der Waals surface area contributed by atoms with Gasteiger partial charge >= 0.3 is 0 Å². The molecule has 0 heterocycles. The van der Waals surface area contributed by atoms with Gasteiger partial charge < -0.3 is 10.8 Å². The fourth-order valence-electron chi connectivity index (χ4n) is 1.20. The van der Waals surface area contributed by atoms with Crippen LogP contribution in [0.25, 0.3) is 0 Å². The summed E-state index contributed by atoms with van der Waals surface area (Å²) < 4.78 is 0. The van der Waals surface area contributed by atoms with Crippen LogP contribution in [0, 0.1) is 5.92 Å². The van der Waals surface area contributed by atoms with Crippen LogP contribution in [-0.2, 0) is 0 Å². The first-order chi connectivity index (χ1) is 3.72. The maximum atomic E-state index is 9.04. The molecule has 1 aliphatic carbocycles. The smallest absolute Gasteiger partial charge is 0.0693 e. The summed E-state index contributed by atoms with van der Waals surface area (Å²) >= 11 is 0. The van der Waals surface area contributed by atoms with Crippen LogP contribution in [0.5, 0.6) is 0 Å². The lowest BCUT2D eigenvalue weighted by Gasteiger charge is -2.11. The third-order valence-corrected chi connectivity index (χ3v) is 2.02.